The molecular weight excluding hydrogens is 150 g/mol. The molecule has 1 heterocycles. The minimum Gasteiger partial charge on any atom is -0.377 e. The number of rotatable bonds is 2. The molecule has 1 aliphatic heterocycles. The molecule has 0 spiro atoms. The number of hydrogen-bond donors (Lipinski definition) is 1. The molecule has 2 aliphatic rings. The molecule has 12 heavy (non-hydrogen) atoms. The highest BCUT2D eigenvalue weighted by Crippen LogP contribution is 2.21. The van der Waals surface area contributed by atoms with Gasteiger partial charge in [0.15, 0.2) is 0 Å². The normalized spacial score (nSPS) is 37.8. The van der Waals surface area contributed by atoms with Crippen molar-refractivity contribution in [2.24, 2.45) is 0 Å². The van der Waals surface area contributed by atoms with Crippen LogP contribution < -0.4 is 5.32 Å². The van der Waals surface area contributed by atoms with Gasteiger partial charge in [0.1, 0.15) is 0 Å². The van der Waals surface area contributed by atoms with Crippen LogP contribution in [0, 0.1) is 0 Å². The van der Waals surface area contributed by atoms with Crippen LogP contribution in [0.1, 0.15) is 39.0 Å². The molecule has 1 saturated carbocycles. The van der Waals surface area contributed by atoms with Crippen LogP contribution in [-0.4, -0.2) is 24.8 Å². The summed E-state index contributed by atoms with van der Waals surface area (Å²) in [7, 11) is 0. The van der Waals surface area contributed by atoms with E-state index < -0.39 is 0 Å². The molecule has 0 aromatic carbocycles. The lowest BCUT2D eigenvalue weighted by atomic mass is 10.1. The summed E-state index contributed by atoms with van der Waals surface area (Å²) in [5, 5.41) is 3.70. The molecule has 0 amide bonds. The lowest BCUT2D eigenvalue weighted by molar-refractivity contribution is 0.111. The molecule has 0 aromatic rings. The van der Waals surface area contributed by atoms with Gasteiger partial charge in [-0.1, -0.05) is 12.8 Å². The lowest BCUT2D eigenvalue weighted by Crippen LogP contribution is -2.40. The van der Waals surface area contributed by atoms with Gasteiger partial charge < -0.3 is 10.1 Å². The monoisotopic (exact) mass is 169 g/mol. The van der Waals surface area contributed by atoms with Gasteiger partial charge in [0, 0.05) is 18.7 Å². The SMILES string of the molecule is C[C@H]1OCC[C@H]1NC1CCCC1. The molecule has 1 aliphatic carbocycles. The first-order valence-electron chi connectivity index (χ1n) is 5.24. The standard InChI is InChI=1S/C10H19NO/c1-8-10(6-7-12-8)11-9-4-2-3-5-9/h8-11H,2-7H2,1H3/t8-,10-/m1/s1. The Bertz CT molecular complexity index is 143. The van der Waals surface area contributed by atoms with Crippen LogP contribution >= 0.6 is 0 Å². The van der Waals surface area contributed by atoms with Gasteiger partial charge >= 0.3 is 0 Å². The van der Waals surface area contributed by atoms with Crippen LogP contribution in [0.3, 0.4) is 0 Å². The van der Waals surface area contributed by atoms with E-state index in [-0.39, 0.29) is 0 Å². The van der Waals surface area contributed by atoms with Crippen molar-refractivity contribution in [2.75, 3.05) is 6.61 Å². The minimum absolute atomic E-state index is 0.436. The Labute approximate surface area is 74.7 Å². The van der Waals surface area contributed by atoms with E-state index in [1.165, 1.54) is 32.1 Å². The zero-order chi connectivity index (χ0) is 8.39. The van der Waals surface area contributed by atoms with E-state index in [1.807, 2.05) is 0 Å². The highest BCUT2D eigenvalue weighted by molar-refractivity contribution is 4.84. The van der Waals surface area contributed by atoms with Crippen molar-refractivity contribution in [3.8, 4) is 0 Å². The molecule has 2 rings (SSSR count). The second-order valence-electron chi connectivity index (χ2n) is 4.12. The summed E-state index contributed by atoms with van der Waals surface area (Å²) in [5.41, 5.74) is 0. The van der Waals surface area contributed by atoms with Gasteiger partial charge in [-0.15, -0.1) is 0 Å². The zero-order valence-corrected chi connectivity index (χ0v) is 7.88. The van der Waals surface area contributed by atoms with Gasteiger partial charge in [-0.2, -0.15) is 0 Å². The Morgan fingerprint density at radius 3 is 2.50 bits per heavy atom. The Kier molecular flexibility index (Phi) is 2.66. The van der Waals surface area contributed by atoms with Crippen LogP contribution in [0.2, 0.25) is 0 Å². The molecule has 2 fully saturated rings. The number of ether oxygens (including phenoxy) is 1. The zero-order valence-electron chi connectivity index (χ0n) is 7.88. The fraction of sp³-hybridized carbons (Fsp3) is 1.00. The van der Waals surface area contributed by atoms with Crippen LogP contribution in [0.4, 0.5) is 0 Å². The summed E-state index contributed by atoms with van der Waals surface area (Å²) in [6.45, 7) is 3.13. The third-order valence-corrected chi connectivity index (χ3v) is 3.18. The predicted molar refractivity (Wildman–Crippen MR) is 49.2 cm³/mol. The molecule has 70 valence electrons. The fourth-order valence-corrected chi connectivity index (χ4v) is 2.35. The van der Waals surface area contributed by atoms with Crippen molar-refractivity contribution < 1.29 is 4.74 Å². The molecule has 2 heteroatoms. The Morgan fingerprint density at radius 2 is 1.92 bits per heavy atom. The first-order valence-corrected chi connectivity index (χ1v) is 5.24. The summed E-state index contributed by atoms with van der Waals surface area (Å²) in [4.78, 5) is 0. The highest BCUT2D eigenvalue weighted by Gasteiger charge is 2.27. The Morgan fingerprint density at radius 1 is 1.17 bits per heavy atom. The van der Waals surface area contributed by atoms with E-state index in [4.69, 9.17) is 4.74 Å². The summed E-state index contributed by atoms with van der Waals surface area (Å²) < 4.78 is 5.51. The smallest absolute Gasteiger partial charge is 0.0700 e. The van der Waals surface area contributed by atoms with Crippen molar-refractivity contribution in [2.45, 2.75) is 57.2 Å². The lowest BCUT2D eigenvalue weighted by Gasteiger charge is -2.20. The van der Waals surface area contributed by atoms with Crippen molar-refractivity contribution in [1.82, 2.24) is 5.32 Å². The van der Waals surface area contributed by atoms with Crippen molar-refractivity contribution in [3.63, 3.8) is 0 Å². The third kappa shape index (κ3) is 1.80. The Hall–Kier alpha value is -0.0800. The second kappa shape index (κ2) is 3.75. The van der Waals surface area contributed by atoms with Gasteiger partial charge in [-0.3, -0.25) is 0 Å². The van der Waals surface area contributed by atoms with Gasteiger partial charge in [-0.25, -0.2) is 0 Å². The molecule has 0 unspecified atom stereocenters. The summed E-state index contributed by atoms with van der Waals surface area (Å²) >= 11 is 0. The van der Waals surface area contributed by atoms with E-state index in [0.29, 0.717) is 12.1 Å². The Balaban J connectivity index is 1.77. The van der Waals surface area contributed by atoms with E-state index in [9.17, 15) is 0 Å². The van der Waals surface area contributed by atoms with Gasteiger partial charge in [0.05, 0.1) is 6.10 Å². The minimum atomic E-state index is 0.436. The van der Waals surface area contributed by atoms with Crippen LogP contribution in [-0.2, 0) is 4.74 Å². The van der Waals surface area contributed by atoms with E-state index in [1.54, 1.807) is 0 Å². The fourth-order valence-electron chi connectivity index (χ4n) is 2.35. The van der Waals surface area contributed by atoms with Crippen LogP contribution in [0.25, 0.3) is 0 Å². The maximum absolute atomic E-state index is 5.51. The third-order valence-electron chi connectivity index (χ3n) is 3.18. The largest absolute Gasteiger partial charge is 0.377 e. The van der Waals surface area contributed by atoms with Gasteiger partial charge in [-0.05, 0) is 26.2 Å². The molecule has 1 saturated heterocycles. The molecule has 2 nitrogen and oxygen atoms in total. The topological polar surface area (TPSA) is 21.3 Å². The van der Waals surface area contributed by atoms with Crippen molar-refractivity contribution in [1.29, 1.82) is 0 Å². The van der Waals surface area contributed by atoms with E-state index in [2.05, 4.69) is 12.2 Å². The van der Waals surface area contributed by atoms with Crippen LogP contribution in [0.5, 0.6) is 0 Å². The first-order chi connectivity index (χ1) is 5.86. The predicted octanol–water partition coefficient (Wildman–Crippen LogP) is 1.70. The van der Waals surface area contributed by atoms with Crippen molar-refractivity contribution >= 4 is 0 Å². The van der Waals surface area contributed by atoms with Crippen LogP contribution in [0.15, 0.2) is 0 Å². The van der Waals surface area contributed by atoms with E-state index in [0.717, 1.165) is 12.6 Å². The van der Waals surface area contributed by atoms with Crippen molar-refractivity contribution in [3.05, 3.63) is 0 Å². The maximum atomic E-state index is 5.51. The summed E-state index contributed by atoms with van der Waals surface area (Å²) in [5.74, 6) is 0. The second-order valence-corrected chi connectivity index (χ2v) is 4.12. The maximum Gasteiger partial charge on any atom is 0.0700 e. The number of nitrogens with one attached hydrogen (secondary N) is 1. The quantitative estimate of drug-likeness (QED) is 0.679. The molecule has 0 bridgehead atoms. The van der Waals surface area contributed by atoms with E-state index >= 15 is 0 Å². The average Bonchev–Trinajstić information content (AvgIpc) is 2.65. The summed E-state index contributed by atoms with van der Waals surface area (Å²) in [6.07, 6.45) is 7.23. The average molecular weight is 169 g/mol. The van der Waals surface area contributed by atoms with Gasteiger partial charge in [0.2, 0.25) is 0 Å². The number of hydrogen-bond acceptors (Lipinski definition) is 2. The highest BCUT2D eigenvalue weighted by atomic mass is 16.5. The summed E-state index contributed by atoms with van der Waals surface area (Å²) in [6, 6.07) is 1.42. The molecular formula is C10H19NO. The molecule has 1 N–H and O–H groups in total. The molecule has 0 radical (unpaired) electrons. The molecule has 0 aromatic heterocycles. The van der Waals surface area contributed by atoms with Gasteiger partial charge in [0.25, 0.3) is 0 Å². The first kappa shape index (κ1) is 8.52. The molecule has 2 atom stereocenters.